The molecule has 0 fully saturated rings. The third-order valence-electron chi connectivity index (χ3n) is 4.87. The van der Waals surface area contributed by atoms with Crippen LogP contribution < -0.4 is 10.2 Å². The number of anilines is 2. The topological polar surface area (TPSA) is 75.7 Å². The monoisotopic (exact) mass is 372 g/mol. The van der Waals surface area contributed by atoms with Gasteiger partial charge in [0.05, 0.1) is 6.26 Å². The summed E-state index contributed by atoms with van der Waals surface area (Å²) in [6.07, 6.45) is 2.24. The molecule has 4 aromatic rings. The summed E-state index contributed by atoms with van der Waals surface area (Å²) in [6, 6.07) is 18.1. The molecule has 0 saturated heterocycles. The fourth-order valence-corrected chi connectivity index (χ4v) is 3.49. The Balaban J connectivity index is 1.40. The number of carbonyl (C=O) groups is 2. The first-order valence-electron chi connectivity index (χ1n) is 8.97. The molecule has 1 aliphatic rings. The van der Waals surface area contributed by atoms with Crippen LogP contribution in [0.3, 0.4) is 0 Å². The summed E-state index contributed by atoms with van der Waals surface area (Å²) in [7, 11) is 0. The number of benzene rings is 2. The number of carbonyl (C=O) groups excluding carboxylic acids is 2. The summed E-state index contributed by atoms with van der Waals surface area (Å²) in [5.74, 6) is 0.0114. The van der Waals surface area contributed by atoms with Crippen molar-refractivity contribution in [1.29, 1.82) is 0 Å². The van der Waals surface area contributed by atoms with E-state index in [0.29, 0.717) is 23.6 Å². The van der Waals surface area contributed by atoms with Crippen LogP contribution in [0.15, 0.2) is 75.8 Å². The molecule has 2 amide bonds. The van der Waals surface area contributed by atoms with E-state index in [-0.39, 0.29) is 17.6 Å². The van der Waals surface area contributed by atoms with Gasteiger partial charge >= 0.3 is 0 Å². The van der Waals surface area contributed by atoms with Gasteiger partial charge in [0.25, 0.3) is 11.8 Å². The SMILES string of the molecule is O=C(Nc1ccc2c(c1)N(C(=O)c1ccco1)CC2)c1cc2ccccc2o1. The minimum absolute atomic E-state index is 0.190. The molecular formula is C22H16N2O4. The number of hydrogen-bond donors (Lipinski definition) is 1. The van der Waals surface area contributed by atoms with Gasteiger partial charge in [-0.15, -0.1) is 0 Å². The van der Waals surface area contributed by atoms with Gasteiger partial charge in [-0.05, 0) is 48.4 Å². The fraction of sp³-hybridized carbons (Fsp3) is 0.0909. The summed E-state index contributed by atoms with van der Waals surface area (Å²) in [5, 5.41) is 3.72. The van der Waals surface area contributed by atoms with E-state index in [2.05, 4.69) is 5.32 Å². The quantitative estimate of drug-likeness (QED) is 0.575. The van der Waals surface area contributed by atoms with Crippen molar-refractivity contribution in [3.63, 3.8) is 0 Å². The van der Waals surface area contributed by atoms with Crippen LogP contribution >= 0.6 is 0 Å². The molecule has 138 valence electrons. The van der Waals surface area contributed by atoms with Crippen molar-refractivity contribution in [3.05, 3.63) is 84.0 Å². The Labute approximate surface area is 160 Å². The predicted octanol–water partition coefficient (Wildman–Crippen LogP) is 4.48. The molecule has 0 unspecified atom stereocenters. The molecule has 0 bridgehead atoms. The zero-order valence-corrected chi connectivity index (χ0v) is 14.8. The van der Waals surface area contributed by atoms with Gasteiger partial charge in [0.1, 0.15) is 5.58 Å². The van der Waals surface area contributed by atoms with Gasteiger partial charge in [-0.2, -0.15) is 0 Å². The van der Waals surface area contributed by atoms with Crippen molar-refractivity contribution in [1.82, 2.24) is 0 Å². The van der Waals surface area contributed by atoms with Gasteiger partial charge in [-0.25, -0.2) is 0 Å². The first kappa shape index (κ1) is 16.4. The molecule has 3 heterocycles. The molecule has 0 radical (unpaired) electrons. The molecule has 2 aromatic carbocycles. The van der Waals surface area contributed by atoms with Crippen molar-refractivity contribution in [2.24, 2.45) is 0 Å². The van der Waals surface area contributed by atoms with Crippen LogP contribution in [0, 0.1) is 0 Å². The molecule has 0 spiro atoms. The zero-order valence-electron chi connectivity index (χ0n) is 14.8. The lowest BCUT2D eigenvalue weighted by Crippen LogP contribution is -2.28. The van der Waals surface area contributed by atoms with Gasteiger partial charge in [0, 0.05) is 23.3 Å². The van der Waals surface area contributed by atoms with Crippen molar-refractivity contribution in [2.75, 3.05) is 16.8 Å². The molecular weight excluding hydrogens is 356 g/mol. The van der Waals surface area contributed by atoms with Gasteiger partial charge < -0.3 is 19.1 Å². The number of amides is 2. The van der Waals surface area contributed by atoms with Crippen molar-refractivity contribution >= 4 is 34.2 Å². The smallest absolute Gasteiger partial charge is 0.293 e. The van der Waals surface area contributed by atoms with Crippen LogP contribution in [0.2, 0.25) is 0 Å². The molecule has 28 heavy (non-hydrogen) atoms. The van der Waals surface area contributed by atoms with E-state index in [1.807, 2.05) is 42.5 Å². The maximum Gasteiger partial charge on any atom is 0.293 e. The highest BCUT2D eigenvalue weighted by atomic mass is 16.3. The van der Waals surface area contributed by atoms with Crippen molar-refractivity contribution in [3.8, 4) is 0 Å². The highest BCUT2D eigenvalue weighted by Gasteiger charge is 2.27. The lowest BCUT2D eigenvalue weighted by molar-refractivity contribution is 0.0961. The summed E-state index contributed by atoms with van der Waals surface area (Å²) in [4.78, 5) is 26.9. The molecule has 0 saturated carbocycles. The first-order chi connectivity index (χ1) is 13.7. The predicted molar refractivity (Wildman–Crippen MR) is 105 cm³/mol. The molecule has 2 aromatic heterocycles. The maximum atomic E-state index is 12.7. The number of fused-ring (bicyclic) bond motifs is 2. The lowest BCUT2D eigenvalue weighted by atomic mass is 10.1. The first-order valence-corrected chi connectivity index (χ1v) is 8.97. The number of nitrogens with zero attached hydrogens (tertiary/aromatic N) is 1. The molecule has 0 atom stereocenters. The van der Waals surface area contributed by atoms with E-state index >= 15 is 0 Å². The van der Waals surface area contributed by atoms with Crippen LogP contribution in [0.25, 0.3) is 11.0 Å². The van der Waals surface area contributed by atoms with Gasteiger partial charge in [0.15, 0.2) is 11.5 Å². The third-order valence-corrected chi connectivity index (χ3v) is 4.87. The van der Waals surface area contributed by atoms with E-state index in [9.17, 15) is 9.59 Å². The highest BCUT2D eigenvalue weighted by Crippen LogP contribution is 2.32. The molecule has 5 rings (SSSR count). The summed E-state index contributed by atoms with van der Waals surface area (Å²) >= 11 is 0. The second kappa shape index (κ2) is 6.42. The average molecular weight is 372 g/mol. The van der Waals surface area contributed by atoms with E-state index < -0.39 is 0 Å². The van der Waals surface area contributed by atoms with Crippen LogP contribution in [0.1, 0.15) is 26.7 Å². The number of rotatable bonds is 3. The van der Waals surface area contributed by atoms with E-state index in [4.69, 9.17) is 8.83 Å². The normalized spacial score (nSPS) is 12.9. The maximum absolute atomic E-state index is 12.7. The third kappa shape index (κ3) is 2.75. The fourth-order valence-electron chi connectivity index (χ4n) is 3.49. The second-order valence-corrected chi connectivity index (χ2v) is 6.63. The summed E-state index contributed by atoms with van der Waals surface area (Å²) < 4.78 is 10.8. The number of furan rings is 2. The lowest BCUT2D eigenvalue weighted by Gasteiger charge is -2.16. The van der Waals surface area contributed by atoms with Crippen LogP contribution in [0.5, 0.6) is 0 Å². The minimum atomic E-state index is -0.335. The Morgan fingerprint density at radius 2 is 1.86 bits per heavy atom. The van der Waals surface area contributed by atoms with Gasteiger partial charge in [0.2, 0.25) is 0 Å². The average Bonchev–Trinajstić information content (AvgIpc) is 3.45. The number of hydrogen-bond acceptors (Lipinski definition) is 4. The number of nitrogens with one attached hydrogen (secondary N) is 1. The van der Waals surface area contributed by atoms with Crippen LogP contribution in [0.4, 0.5) is 11.4 Å². The van der Waals surface area contributed by atoms with E-state index in [1.165, 1.54) is 6.26 Å². The Morgan fingerprint density at radius 3 is 2.68 bits per heavy atom. The number of para-hydroxylation sites is 1. The zero-order chi connectivity index (χ0) is 19.1. The largest absolute Gasteiger partial charge is 0.459 e. The van der Waals surface area contributed by atoms with Crippen LogP contribution in [-0.2, 0) is 6.42 Å². The Morgan fingerprint density at radius 1 is 0.964 bits per heavy atom. The Bertz CT molecular complexity index is 1160. The minimum Gasteiger partial charge on any atom is -0.459 e. The van der Waals surface area contributed by atoms with Crippen molar-refractivity contribution in [2.45, 2.75) is 6.42 Å². The van der Waals surface area contributed by atoms with E-state index in [0.717, 1.165) is 23.1 Å². The molecule has 1 aliphatic heterocycles. The molecule has 6 heteroatoms. The Hall–Kier alpha value is -3.80. The van der Waals surface area contributed by atoms with Gasteiger partial charge in [-0.1, -0.05) is 24.3 Å². The molecule has 0 aliphatic carbocycles. The highest BCUT2D eigenvalue weighted by molar-refractivity contribution is 6.07. The Kier molecular flexibility index (Phi) is 3.76. The molecule has 1 N–H and O–H groups in total. The van der Waals surface area contributed by atoms with Gasteiger partial charge in [-0.3, -0.25) is 9.59 Å². The second-order valence-electron chi connectivity index (χ2n) is 6.63. The standard InChI is InChI=1S/C22H16N2O4/c25-21(20-12-15-4-1-2-5-18(15)28-20)23-16-8-7-14-9-10-24(17(14)13-16)22(26)19-6-3-11-27-19/h1-8,11-13H,9-10H2,(H,23,25). The van der Waals surface area contributed by atoms with E-state index in [1.54, 1.807) is 23.1 Å². The van der Waals surface area contributed by atoms with Crippen molar-refractivity contribution < 1.29 is 18.4 Å². The summed E-state index contributed by atoms with van der Waals surface area (Å²) in [5.41, 5.74) is 3.10. The molecule has 6 nitrogen and oxygen atoms in total. The summed E-state index contributed by atoms with van der Waals surface area (Å²) in [6.45, 7) is 0.579. The van der Waals surface area contributed by atoms with Crippen LogP contribution in [-0.4, -0.2) is 18.4 Å².